The molecule has 0 aliphatic carbocycles. The fourth-order valence-corrected chi connectivity index (χ4v) is 10.9. The lowest BCUT2D eigenvalue weighted by molar-refractivity contribution is -0.0819. The summed E-state index contributed by atoms with van der Waals surface area (Å²) in [4.78, 5) is 28.3. The molecule has 48 heavy (non-hydrogen) atoms. The third kappa shape index (κ3) is 6.25. The van der Waals surface area contributed by atoms with Crippen LogP contribution >= 0.6 is 36.9 Å². The van der Waals surface area contributed by atoms with Crippen LogP contribution in [0.3, 0.4) is 0 Å². The smallest absolute Gasteiger partial charge is 0.387 e. The van der Waals surface area contributed by atoms with Gasteiger partial charge in [0, 0.05) is 0 Å². The summed E-state index contributed by atoms with van der Waals surface area (Å²) in [6.45, 7) is -9.71. The Bertz CT molecular complexity index is 1540. The lowest BCUT2D eigenvalue weighted by Crippen LogP contribution is -2.51. The zero-order valence-electron chi connectivity index (χ0n) is 25.1. The Morgan fingerprint density at radius 3 is 1.83 bits per heavy atom. The van der Waals surface area contributed by atoms with E-state index in [1.165, 1.54) is 49.4 Å². The Hall–Kier alpha value is -2.02. The largest absolute Gasteiger partial charge is 0.416 e. The van der Waals surface area contributed by atoms with Gasteiger partial charge in [-0.1, -0.05) is 0 Å². The molecule has 6 N–H and O–H groups in total. The molecule has 0 amide bonds. The third-order valence-corrected chi connectivity index (χ3v) is 13.9. The van der Waals surface area contributed by atoms with Crippen LogP contribution in [0.5, 0.6) is 0 Å². The van der Waals surface area contributed by atoms with Gasteiger partial charge >= 0.3 is 13.6 Å². The highest BCUT2D eigenvalue weighted by Crippen LogP contribution is 2.65. The molecular weight excluding hydrogens is 722 g/mol. The third-order valence-electron chi connectivity index (χ3n) is 8.19. The second-order valence-corrected chi connectivity index (χ2v) is 18.3. The minimum absolute atomic E-state index is 0.208. The van der Waals surface area contributed by atoms with Crippen molar-refractivity contribution in [3.8, 4) is 0 Å². The lowest BCUT2D eigenvalue weighted by atomic mass is 10.1. The number of aliphatic hydroxyl groups excluding tert-OH is 2. The molecule has 7 aliphatic heterocycles. The number of ether oxygens (including phenoxy) is 2. The Morgan fingerprint density at radius 2 is 1.27 bits per heavy atom. The maximum absolute atomic E-state index is 14.2. The van der Waals surface area contributed by atoms with Crippen molar-refractivity contribution in [3.05, 3.63) is 0 Å². The van der Waals surface area contributed by atoms with Crippen LogP contribution in [0, 0.1) is 0 Å². The van der Waals surface area contributed by atoms with Gasteiger partial charge in [-0.15, -0.1) is 0 Å². The van der Waals surface area contributed by atoms with E-state index >= 15 is 0 Å². The normalized spacial score (nSPS) is 46.8. The second kappa shape index (κ2) is 13.6. The summed E-state index contributed by atoms with van der Waals surface area (Å²) in [7, 11) is 2.50. The number of rotatable bonds is 6. The molecule has 0 aromatic carbocycles. The van der Waals surface area contributed by atoms with Crippen LogP contribution in [0.25, 0.3) is 0 Å². The summed E-state index contributed by atoms with van der Waals surface area (Å²) in [6.07, 6.45) is -6.64. The highest BCUT2D eigenvalue weighted by molar-refractivity contribution is 8.53. The molecule has 3 fully saturated rings. The highest BCUT2D eigenvalue weighted by atomic mass is 32.7. The number of nitrogens with two attached hydrogens (primary N) is 2. The van der Waals surface area contributed by atoms with Gasteiger partial charge in [0.1, 0.15) is 96.4 Å². The summed E-state index contributed by atoms with van der Waals surface area (Å²) in [5, 5.41) is 22.9. The van der Waals surface area contributed by atoms with Crippen molar-refractivity contribution in [2.75, 3.05) is 27.4 Å². The Balaban J connectivity index is 1.18. The average molecular weight is 755 g/mol. The molecule has 14 atom stereocenters. The molecule has 0 aromatic heterocycles. The van der Waals surface area contributed by atoms with E-state index in [1.54, 1.807) is 0 Å². The molecule has 0 saturated carbocycles. The van der Waals surface area contributed by atoms with Gasteiger partial charge in [-0.05, 0) is 0 Å². The molecule has 264 valence electrons. The molecule has 0 radical (unpaired) electrons. The summed E-state index contributed by atoms with van der Waals surface area (Å²) in [5.74, 6) is 0.423. The highest BCUT2D eigenvalue weighted by Gasteiger charge is 2.57. The fourth-order valence-electron chi connectivity index (χ4n) is 6.00. The van der Waals surface area contributed by atoms with E-state index in [2.05, 4.69) is 30.0 Å². The summed E-state index contributed by atoms with van der Waals surface area (Å²) < 4.78 is 74.3. The van der Waals surface area contributed by atoms with Crippen molar-refractivity contribution in [1.29, 1.82) is 0 Å². The van der Waals surface area contributed by atoms with Crippen LogP contribution < -0.4 is 11.5 Å². The molecule has 3 saturated heterocycles. The van der Waals surface area contributed by atoms with Gasteiger partial charge in [0.25, 0.3) is 0 Å². The van der Waals surface area contributed by atoms with Crippen LogP contribution in [-0.2, 0) is 45.1 Å². The van der Waals surface area contributed by atoms with E-state index < -0.39 is 100 Å². The van der Waals surface area contributed by atoms with E-state index in [1.807, 2.05) is 0 Å². The first-order chi connectivity index (χ1) is 23.0. The predicted molar refractivity (Wildman–Crippen MR) is 171 cm³/mol. The summed E-state index contributed by atoms with van der Waals surface area (Å²) in [6, 6.07) is -1.27. The van der Waals surface area contributed by atoms with Gasteiger partial charge < -0.3 is 49.3 Å². The van der Waals surface area contributed by atoms with Gasteiger partial charge in [-0.2, -0.15) is 0 Å². The Labute approximate surface area is 281 Å². The van der Waals surface area contributed by atoms with E-state index in [-0.39, 0.29) is 11.7 Å². The zero-order chi connectivity index (χ0) is 33.8. The number of aliphatic hydroxyl groups is 2. The quantitative estimate of drug-likeness (QED) is 0.180. The van der Waals surface area contributed by atoms with Crippen LogP contribution in [0.2, 0.25) is 0 Å². The van der Waals surface area contributed by atoms with Crippen molar-refractivity contribution in [1.82, 2.24) is 9.80 Å². The van der Waals surface area contributed by atoms with Gasteiger partial charge in [0.2, 0.25) is 0 Å². The van der Waals surface area contributed by atoms with Crippen LogP contribution in [-0.4, -0.2) is 158 Å². The number of aliphatic imine (C=N–C) groups is 6. The zero-order valence-corrected chi connectivity index (χ0v) is 28.5. The standard InChI is InChI=1S/C22H32N10O12P2S2/c1-37-47-45(35)39-3-9-13(33)16(22(41-9)32-8-30-12-18(24)26-6-28-20(12)32)44-46(36,48-38-2)40-4-10-15(43-45)14(34)21(42-10)31-7-29-11-17(23)25-5-27-19(11)31/h5-16,19-22,33-34H,3-4H2,1-2H3,(H2,23,25,27)(H2,24,26,28). The first kappa shape index (κ1) is 34.4. The maximum atomic E-state index is 14.2. The topological polar surface area (TPSA) is 281 Å². The average Bonchev–Trinajstić information content (AvgIpc) is 3.81. The van der Waals surface area contributed by atoms with Gasteiger partial charge in [-0.3, -0.25) is 28.1 Å². The molecule has 7 aliphatic rings. The number of fused-ring (bicyclic) bond motifs is 5. The van der Waals surface area contributed by atoms with E-state index in [4.69, 9.17) is 47.4 Å². The number of nitrogens with zero attached hydrogens (tertiary/aromatic N) is 8. The van der Waals surface area contributed by atoms with Crippen LogP contribution in [0.4, 0.5) is 0 Å². The number of amidine groups is 2. The molecule has 26 heteroatoms. The maximum Gasteiger partial charge on any atom is 0.416 e. The van der Waals surface area contributed by atoms with Gasteiger partial charge in [0.05, 0.1) is 40.1 Å². The van der Waals surface area contributed by atoms with Crippen LogP contribution in [0.1, 0.15) is 0 Å². The second-order valence-electron chi connectivity index (χ2n) is 11.0. The van der Waals surface area contributed by atoms with E-state index in [0.717, 1.165) is 0 Å². The lowest BCUT2D eigenvalue weighted by Gasteiger charge is -2.34. The van der Waals surface area contributed by atoms with E-state index in [0.29, 0.717) is 23.3 Å². The number of hydrogen-bond acceptors (Lipinski definition) is 24. The van der Waals surface area contributed by atoms with Crippen molar-refractivity contribution >= 4 is 73.9 Å². The van der Waals surface area contributed by atoms with Gasteiger partial charge in [0.15, 0.2) is 24.8 Å². The Kier molecular flexibility index (Phi) is 9.76. The molecule has 7 rings (SSSR count). The first-order valence-electron chi connectivity index (χ1n) is 14.3. The summed E-state index contributed by atoms with van der Waals surface area (Å²) >= 11 is 0.751. The molecule has 2 bridgehead atoms. The minimum atomic E-state index is -4.34. The number of hydrogen-bond donors (Lipinski definition) is 4. The van der Waals surface area contributed by atoms with Crippen molar-refractivity contribution < 1.29 is 55.3 Å². The van der Waals surface area contributed by atoms with Gasteiger partial charge in [-0.25, -0.2) is 29.1 Å². The summed E-state index contributed by atoms with van der Waals surface area (Å²) in [5.41, 5.74) is 12.0. The molecule has 7 heterocycles. The monoisotopic (exact) mass is 754 g/mol. The first-order valence-corrected chi connectivity index (χ1v) is 20.1. The SMILES string of the molecule is COSP1(=O)OCC2OC(N3C=NC4C(N)=NC=NC43)C(OP(=O)(SOC)OCC3OC(N4C=NC5C(N)=NC=NC54)C(O)C3O1)C2O. The van der Waals surface area contributed by atoms with Crippen molar-refractivity contribution in [2.24, 2.45) is 41.4 Å². The van der Waals surface area contributed by atoms with Crippen molar-refractivity contribution in [2.45, 2.75) is 73.5 Å². The fraction of sp³-hybridized carbons (Fsp3) is 0.727. The Morgan fingerprint density at radius 1 is 0.771 bits per heavy atom. The van der Waals surface area contributed by atoms with Crippen molar-refractivity contribution in [3.63, 3.8) is 0 Å². The predicted octanol–water partition coefficient (Wildman–Crippen LogP) is -1.34. The molecule has 14 unspecified atom stereocenters. The van der Waals surface area contributed by atoms with E-state index in [9.17, 15) is 19.3 Å². The minimum Gasteiger partial charge on any atom is -0.387 e. The molecule has 0 spiro atoms. The van der Waals surface area contributed by atoms with Crippen LogP contribution in [0.15, 0.2) is 30.0 Å². The molecule has 0 aromatic rings. The molecular formula is C22H32N10O12P2S2. The molecule has 22 nitrogen and oxygen atoms in total.